The van der Waals surface area contributed by atoms with Crippen LogP contribution in [0.3, 0.4) is 0 Å². The van der Waals surface area contributed by atoms with Crippen LogP contribution >= 0.6 is 0 Å². The van der Waals surface area contributed by atoms with E-state index < -0.39 is 0 Å². The van der Waals surface area contributed by atoms with Gasteiger partial charge in [0.2, 0.25) is 5.91 Å². The van der Waals surface area contributed by atoms with Crippen LogP contribution in [0.5, 0.6) is 5.75 Å². The van der Waals surface area contributed by atoms with E-state index in [-0.39, 0.29) is 18.5 Å². The summed E-state index contributed by atoms with van der Waals surface area (Å²) in [6.07, 6.45) is 0. The third-order valence-electron chi connectivity index (χ3n) is 4.47. The minimum Gasteiger partial charge on any atom is -0.495 e. The molecule has 1 unspecified atom stereocenters. The van der Waals surface area contributed by atoms with Crippen LogP contribution in [-0.4, -0.2) is 19.6 Å². The van der Waals surface area contributed by atoms with E-state index in [9.17, 15) is 4.79 Å². The van der Waals surface area contributed by atoms with Crippen molar-refractivity contribution in [2.24, 2.45) is 0 Å². The number of rotatable bonds is 7. The summed E-state index contributed by atoms with van der Waals surface area (Å²) in [5.74, 6) is 0.544. The molecule has 4 nitrogen and oxygen atoms in total. The third-order valence-corrected chi connectivity index (χ3v) is 4.47. The fourth-order valence-electron chi connectivity index (χ4n) is 2.90. The van der Waals surface area contributed by atoms with E-state index in [4.69, 9.17) is 4.74 Å². The lowest BCUT2D eigenvalue weighted by molar-refractivity contribution is -0.115. The van der Waals surface area contributed by atoms with Gasteiger partial charge in [0.05, 0.1) is 19.3 Å². The Morgan fingerprint density at radius 3 is 2.22 bits per heavy atom. The second kappa shape index (κ2) is 9.01. The maximum absolute atomic E-state index is 12.2. The first-order chi connectivity index (χ1) is 13.2. The van der Waals surface area contributed by atoms with Crippen LogP contribution in [0.2, 0.25) is 0 Å². The van der Waals surface area contributed by atoms with Gasteiger partial charge in [-0.3, -0.25) is 4.79 Å². The molecule has 3 aromatic carbocycles. The Hall–Kier alpha value is -3.11. The van der Waals surface area contributed by atoms with Crippen LogP contribution in [-0.2, 0) is 4.79 Å². The Morgan fingerprint density at radius 1 is 0.889 bits per heavy atom. The third kappa shape index (κ3) is 4.96. The topological polar surface area (TPSA) is 50.4 Å². The van der Waals surface area contributed by atoms with E-state index in [0.717, 1.165) is 5.56 Å². The lowest BCUT2D eigenvalue weighted by Gasteiger charge is -2.15. The summed E-state index contributed by atoms with van der Waals surface area (Å²) in [6.45, 7) is 2.27. The fraction of sp³-hybridized carbons (Fsp3) is 0.174. The molecule has 0 aliphatic heterocycles. The molecule has 0 aromatic heterocycles. The summed E-state index contributed by atoms with van der Waals surface area (Å²) in [6, 6.07) is 26.1. The quantitative estimate of drug-likeness (QED) is 0.645. The second-order valence-electron chi connectivity index (χ2n) is 6.34. The minimum absolute atomic E-state index is 0.0678. The minimum atomic E-state index is -0.104. The lowest BCUT2D eigenvalue weighted by atomic mass is 10.0. The summed E-state index contributed by atoms with van der Waals surface area (Å²) in [5, 5.41) is 6.14. The summed E-state index contributed by atoms with van der Waals surface area (Å²) >= 11 is 0. The molecule has 3 rings (SSSR count). The smallest absolute Gasteiger partial charge is 0.238 e. The zero-order valence-corrected chi connectivity index (χ0v) is 15.6. The lowest BCUT2D eigenvalue weighted by Crippen LogP contribution is -2.30. The van der Waals surface area contributed by atoms with Gasteiger partial charge >= 0.3 is 0 Å². The maximum atomic E-state index is 12.2. The molecule has 0 saturated carbocycles. The number of para-hydroxylation sites is 2. The van der Waals surface area contributed by atoms with Crippen molar-refractivity contribution >= 4 is 11.6 Å². The van der Waals surface area contributed by atoms with Gasteiger partial charge in [0.25, 0.3) is 0 Å². The highest BCUT2D eigenvalue weighted by molar-refractivity contribution is 5.93. The van der Waals surface area contributed by atoms with Crippen LogP contribution in [0.15, 0.2) is 78.9 Å². The summed E-state index contributed by atoms with van der Waals surface area (Å²) in [7, 11) is 1.59. The number of benzene rings is 3. The van der Waals surface area contributed by atoms with Crippen LogP contribution in [0.25, 0.3) is 11.1 Å². The predicted octanol–water partition coefficient (Wildman–Crippen LogP) is 4.65. The number of carbonyl (C=O) groups excluding carboxylic acids is 1. The Bertz CT molecular complexity index is 876. The van der Waals surface area contributed by atoms with Gasteiger partial charge in [-0.15, -0.1) is 0 Å². The van der Waals surface area contributed by atoms with Crippen LogP contribution < -0.4 is 15.4 Å². The largest absolute Gasteiger partial charge is 0.495 e. The average molecular weight is 360 g/mol. The average Bonchev–Trinajstić information content (AvgIpc) is 2.73. The number of methoxy groups -OCH3 is 1. The molecule has 0 aliphatic rings. The molecular weight excluding hydrogens is 336 g/mol. The Morgan fingerprint density at radius 2 is 1.52 bits per heavy atom. The molecule has 2 N–H and O–H groups in total. The van der Waals surface area contributed by atoms with E-state index in [0.29, 0.717) is 11.4 Å². The van der Waals surface area contributed by atoms with Gasteiger partial charge in [0, 0.05) is 6.04 Å². The van der Waals surface area contributed by atoms with Crippen molar-refractivity contribution in [1.82, 2.24) is 5.32 Å². The molecule has 0 spiro atoms. The van der Waals surface area contributed by atoms with E-state index in [1.807, 2.05) is 49.4 Å². The van der Waals surface area contributed by atoms with E-state index in [1.165, 1.54) is 11.1 Å². The van der Waals surface area contributed by atoms with Gasteiger partial charge < -0.3 is 15.4 Å². The SMILES string of the molecule is COc1ccccc1NC(=O)CNC(C)c1ccc(-c2ccccc2)cc1. The van der Waals surface area contributed by atoms with Gasteiger partial charge in [-0.05, 0) is 35.7 Å². The van der Waals surface area contributed by atoms with Gasteiger partial charge in [-0.2, -0.15) is 0 Å². The number of nitrogens with one attached hydrogen (secondary N) is 2. The summed E-state index contributed by atoms with van der Waals surface area (Å²) in [5.41, 5.74) is 4.19. The fourth-order valence-corrected chi connectivity index (χ4v) is 2.90. The van der Waals surface area contributed by atoms with Gasteiger partial charge in [-0.25, -0.2) is 0 Å². The Balaban J connectivity index is 1.56. The van der Waals surface area contributed by atoms with E-state index in [2.05, 4.69) is 47.0 Å². The predicted molar refractivity (Wildman–Crippen MR) is 110 cm³/mol. The first-order valence-electron chi connectivity index (χ1n) is 8.99. The van der Waals surface area contributed by atoms with Crippen molar-refractivity contribution in [3.05, 3.63) is 84.4 Å². The zero-order valence-electron chi connectivity index (χ0n) is 15.6. The van der Waals surface area contributed by atoms with Gasteiger partial charge in [-0.1, -0.05) is 66.7 Å². The molecule has 0 heterocycles. The van der Waals surface area contributed by atoms with Gasteiger partial charge in [0.15, 0.2) is 0 Å². The number of hydrogen-bond acceptors (Lipinski definition) is 3. The zero-order chi connectivity index (χ0) is 19.1. The molecule has 27 heavy (non-hydrogen) atoms. The Labute approximate surface area is 160 Å². The van der Waals surface area contributed by atoms with E-state index >= 15 is 0 Å². The van der Waals surface area contributed by atoms with Crippen LogP contribution in [0.4, 0.5) is 5.69 Å². The first kappa shape index (κ1) is 18.7. The molecule has 0 saturated heterocycles. The molecule has 3 aromatic rings. The van der Waals surface area contributed by atoms with Crippen molar-refractivity contribution in [1.29, 1.82) is 0 Å². The number of carbonyl (C=O) groups is 1. The molecule has 0 bridgehead atoms. The van der Waals surface area contributed by atoms with Crippen molar-refractivity contribution in [2.45, 2.75) is 13.0 Å². The highest BCUT2D eigenvalue weighted by atomic mass is 16.5. The summed E-state index contributed by atoms with van der Waals surface area (Å²) in [4.78, 5) is 12.2. The van der Waals surface area contributed by atoms with E-state index in [1.54, 1.807) is 7.11 Å². The molecule has 0 aliphatic carbocycles. The summed E-state index contributed by atoms with van der Waals surface area (Å²) < 4.78 is 5.25. The monoisotopic (exact) mass is 360 g/mol. The van der Waals surface area contributed by atoms with Gasteiger partial charge in [0.1, 0.15) is 5.75 Å². The number of anilines is 1. The maximum Gasteiger partial charge on any atom is 0.238 e. The molecule has 4 heteroatoms. The van der Waals surface area contributed by atoms with Crippen molar-refractivity contribution < 1.29 is 9.53 Å². The van der Waals surface area contributed by atoms with Crippen molar-refractivity contribution in [3.8, 4) is 16.9 Å². The highest BCUT2D eigenvalue weighted by Crippen LogP contribution is 2.23. The molecule has 1 atom stereocenters. The first-order valence-corrected chi connectivity index (χ1v) is 8.99. The number of hydrogen-bond donors (Lipinski definition) is 2. The molecule has 138 valence electrons. The standard InChI is InChI=1S/C23H24N2O2/c1-17(18-12-14-20(15-13-18)19-8-4-3-5-9-19)24-16-23(26)25-21-10-6-7-11-22(21)27-2/h3-15,17,24H,16H2,1-2H3,(H,25,26). The molecule has 0 fully saturated rings. The molecule has 1 amide bonds. The molecule has 0 radical (unpaired) electrons. The number of ether oxygens (including phenoxy) is 1. The van der Waals surface area contributed by atoms with Crippen molar-refractivity contribution in [2.75, 3.05) is 19.0 Å². The van der Waals surface area contributed by atoms with Crippen LogP contribution in [0.1, 0.15) is 18.5 Å². The Kier molecular flexibility index (Phi) is 6.23. The number of amides is 1. The van der Waals surface area contributed by atoms with Crippen molar-refractivity contribution in [3.63, 3.8) is 0 Å². The van der Waals surface area contributed by atoms with Crippen LogP contribution in [0, 0.1) is 0 Å². The normalized spacial score (nSPS) is 11.6. The second-order valence-corrected chi connectivity index (χ2v) is 6.34. The highest BCUT2D eigenvalue weighted by Gasteiger charge is 2.10. The molecular formula is C23H24N2O2.